The van der Waals surface area contributed by atoms with Crippen LogP contribution in [-0.2, 0) is 9.84 Å². The van der Waals surface area contributed by atoms with Crippen LogP contribution in [0.1, 0.15) is 36.7 Å². The Kier molecular flexibility index (Phi) is 3.13. The fourth-order valence-electron chi connectivity index (χ4n) is 1.70. The van der Waals surface area contributed by atoms with E-state index in [1.54, 1.807) is 0 Å². The van der Waals surface area contributed by atoms with Crippen molar-refractivity contribution < 1.29 is 8.42 Å². The van der Waals surface area contributed by atoms with Crippen LogP contribution >= 0.6 is 0 Å². The van der Waals surface area contributed by atoms with Crippen molar-refractivity contribution in [1.29, 1.82) is 0 Å². The molecule has 0 fully saturated rings. The Labute approximate surface area is 90.7 Å². The number of hydrogen-bond donors (Lipinski definition) is 0. The molecule has 0 N–H and O–H groups in total. The van der Waals surface area contributed by atoms with Crippen LogP contribution in [-0.4, -0.2) is 24.6 Å². The highest BCUT2D eigenvalue weighted by molar-refractivity contribution is 7.90. The Morgan fingerprint density at radius 2 is 1.47 bits per heavy atom. The molecule has 1 aromatic heterocycles. The number of aryl methyl sites for hydroxylation is 2. The van der Waals surface area contributed by atoms with Gasteiger partial charge in [-0.25, -0.2) is 18.4 Å². The number of aromatic nitrogens is 2. The Morgan fingerprint density at radius 1 is 1.07 bits per heavy atom. The highest BCUT2D eigenvalue weighted by Crippen LogP contribution is 2.21. The number of nitrogens with zero attached hydrogens (tertiary/aromatic N) is 2. The zero-order chi connectivity index (χ0) is 11.8. The van der Waals surface area contributed by atoms with E-state index in [0.717, 1.165) is 23.2 Å². The third-order valence-corrected chi connectivity index (χ3v) is 3.06. The number of rotatable bonds is 2. The Bertz CT molecular complexity index is 455. The highest BCUT2D eigenvalue weighted by Gasteiger charge is 2.16. The smallest absolute Gasteiger partial charge is 0.223 e. The van der Waals surface area contributed by atoms with E-state index in [1.165, 1.54) is 0 Å². The van der Waals surface area contributed by atoms with Crippen molar-refractivity contribution in [3.05, 3.63) is 17.0 Å². The zero-order valence-electron chi connectivity index (χ0n) is 9.70. The normalized spacial score (nSPS) is 12.1. The summed E-state index contributed by atoms with van der Waals surface area (Å²) in [5.41, 5.74) is 2.53. The topological polar surface area (TPSA) is 59.9 Å². The van der Waals surface area contributed by atoms with Gasteiger partial charge in [-0.1, -0.05) is 13.8 Å². The predicted octanol–water partition coefficient (Wildman–Crippen LogP) is 1.62. The van der Waals surface area contributed by atoms with E-state index in [2.05, 4.69) is 9.97 Å². The van der Waals surface area contributed by atoms with Gasteiger partial charge in [-0.2, -0.15) is 0 Å². The van der Waals surface area contributed by atoms with E-state index in [9.17, 15) is 8.42 Å². The van der Waals surface area contributed by atoms with Gasteiger partial charge in [0.2, 0.25) is 15.0 Å². The first-order chi connectivity index (χ1) is 6.73. The van der Waals surface area contributed by atoms with Gasteiger partial charge >= 0.3 is 0 Å². The molecule has 1 rings (SSSR count). The molecule has 0 saturated carbocycles. The quantitative estimate of drug-likeness (QED) is 0.722. The van der Waals surface area contributed by atoms with Crippen molar-refractivity contribution in [2.24, 2.45) is 0 Å². The van der Waals surface area contributed by atoms with Crippen molar-refractivity contribution in [1.82, 2.24) is 9.97 Å². The average Bonchev–Trinajstić information content (AvgIpc) is 1.99. The molecule has 0 radical (unpaired) electrons. The SMILES string of the molecule is Cc1nc(S(C)(=O)=O)nc(C)c1C(C)C. The lowest BCUT2D eigenvalue weighted by Gasteiger charge is -2.12. The second kappa shape index (κ2) is 3.89. The minimum atomic E-state index is -3.31. The molecule has 4 nitrogen and oxygen atoms in total. The molecule has 84 valence electrons. The molecule has 0 aliphatic carbocycles. The number of sulfone groups is 1. The molecular formula is C10H16N2O2S. The van der Waals surface area contributed by atoms with Crippen LogP contribution in [0.5, 0.6) is 0 Å². The van der Waals surface area contributed by atoms with Crippen LogP contribution in [0, 0.1) is 13.8 Å². The lowest BCUT2D eigenvalue weighted by molar-refractivity contribution is 0.590. The molecular weight excluding hydrogens is 212 g/mol. The van der Waals surface area contributed by atoms with Crippen molar-refractivity contribution in [3.8, 4) is 0 Å². The van der Waals surface area contributed by atoms with Gasteiger partial charge in [0, 0.05) is 17.6 Å². The molecule has 0 atom stereocenters. The van der Waals surface area contributed by atoms with E-state index in [0.29, 0.717) is 5.92 Å². The molecule has 1 heterocycles. The van der Waals surface area contributed by atoms with Gasteiger partial charge in [0.1, 0.15) is 0 Å². The average molecular weight is 228 g/mol. The summed E-state index contributed by atoms with van der Waals surface area (Å²) in [4.78, 5) is 8.05. The van der Waals surface area contributed by atoms with Gasteiger partial charge in [0.15, 0.2) is 0 Å². The molecule has 0 spiro atoms. The summed E-state index contributed by atoms with van der Waals surface area (Å²) in [7, 11) is -3.31. The molecule has 1 aromatic rings. The van der Waals surface area contributed by atoms with Crippen molar-refractivity contribution in [2.45, 2.75) is 38.8 Å². The first kappa shape index (κ1) is 12.1. The maximum atomic E-state index is 11.3. The molecule has 0 aliphatic heterocycles. The third kappa shape index (κ3) is 2.53. The molecule has 0 unspecified atom stereocenters. The van der Waals surface area contributed by atoms with E-state index in [1.807, 2.05) is 27.7 Å². The lowest BCUT2D eigenvalue weighted by Crippen LogP contribution is -2.10. The van der Waals surface area contributed by atoms with E-state index in [-0.39, 0.29) is 5.16 Å². The fraction of sp³-hybridized carbons (Fsp3) is 0.600. The summed E-state index contributed by atoms with van der Waals surface area (Å²) in [5.74, 6) is 0.304. The summed E-state index contributed by atoms with van der Waals surface area (Å²) in [6.07, 6.45) is 1.12. The monoisotopic (exact) mass is 228 g/mol. The first-order valence-corrected chi connectivity index (χ1v) is 6.67. The Balaban J connectivity index is 3.45. The van der Waals surface area contributed by atoms with E-state index >= 15 is 0 Å². The molecule has 0 saturated heterocycles. The molecule has 0 aliphatic rings. The summed E-state index contributed by atoms with van der Waals surface area (Å²) in [6.45, 7) is 7.72. The first-order valence-electron chi connectivity index (χ1n) is 4.78. The summed E-state index contributed by atoms with van der Waals surface area (Å²) in [5, 5.41) is -0.0816. The van der Waals surface area contributed by atoms with Crippen LogP contribution in [0.2, 0.25) is 0 Å². The van der Waals surface area contributed by atoms with Crippen molar-refractivity contribution >= 4 is 9.84 Å². The maximum Gasteiger partial charge on any atom is 0.247 e. The highest BCUT2D eigenvalue weighted by atomic mass is 32.2. The van der Waals surface area contributed by atoms with Gasteiger partial charge in [-0.05, 0) is 25.3 Å². The van der Waals surface area contributed by atoms with Crippen molar-refractivity contribution in [3.63, 3.8) is 0 Å². The van der Waals surface area contributed by atoms with Gasteiger partial charge in [0.25, 0.3) is 0 Å². The minimum Gasteiger partial charge on any atom is -0.223 e. The molecule has 0 amide bonds. The van der Waals surface area contributed by atoms with Crippen LogP contribution in [0.25, 0.3) is 0 Å². The van der Waals surface area contributed by atoms with Crippen molar-refractivity contribution in [2.75, 3.05) is 6.26 Å². The third-order valence-electron chi connectivity index (χ3n) is 2.22. The van der Waals surface area contributed by atoms with Crippen LogP contribution in [0.4, 0.5) is 0 Å². The lowest BCUT2D eigenvalue weighted by atomic mass is 10.0. The minimum absolute atomic E-state index is 0.0816. The van der Waals surface area contributed by atoms with Crippen LogP contribution in [0.3, 0.4) is 0 Å². The van der Waals surface area contributed by atoms with Crippen LogP contribution < -0.4 is 0 Å². The van der Waals surface area contributed by atoms with Gasteiger partial charge in [-0.3, -0.25) is 0 Å². The summed E-state index contributed by atoms with van der Waals surface area (Å²) < 4.78 is 22.6. The second-order valence-corrected chi connectivity index (χ2v) is 5.93. The van der Waals surface area contributed by atoms with Gasteiger partial charge in [0.05, 0.1) is 0 Å². The fourth-order valence-corrected chi connectivity index (χ4v) is 2.30. The molecule has 0 aromatic carbocycles. The summed E-state index contributed by atoms with van der Waals surface area (Å²) in [6, 6.07) is 0. The largest absolute Gasteiger partial charge is 0.247 e. The molecule has 15 heavy (non-hydrogen) atoms. The number of hydrogen-bond acceptors (Lipinski definition) is 4. The summed E-state index contributed by atoms with van der Waals surface area (Å²) >= 11 is 0. The predicted molar refractivity (Wildman–Crippen MR) is 58.7 cm³/mol. The van der Waals surface area contributed by atoms with E-state index < -0.39 is 9.84 Å². The van der Waals surface area contributed by atoms with E-state index in [4.69, 9.17) is 0 Å². The Hall–Kier alpha value is -0.970. The Morgan fingerprint density at radius 3 is 1.73 bits per heavy atom. The molecule has 0 bridgehead atoms. The standard InChI is InChI=1S/C10H16N2O2S/c1-6(2)9-7(3)11-10(12-8(9)4)15(5,13)14/h6H,1-5H3. The van der Waals surface area contributed by atoms with Gasteiger partial charge < -0.3 is 0 Å². The van der Waals surface area contributed by atoms with Crippen LogP contribution in [0.15, 0.2) is 5.16 Å². The molecule has 5 heteroatoms. The second-order valence-electron chi connectivity index (χ2n) is 4.02. The van der Waals surface area contributed by atoms with Gasteiger partial charge in [-0.15, -0.1) is 0 Å². The maximum absolute atomic E-state index is 11.3. The zero-order valence-corrected chi connectivity index (χ0v) is 10.5.